The summed E-state index contributed by atoms with van der Waals surface area (Å²) >= 11 is 0. The van der Waals surface area contributed by atoms with Gasteiger partial charge in [-0.2, -0.15) is 5.10 Å². The molecule has 1 N–H and O–H groups in total. The molecule has 6 heteroatoms. The maximum atomic E-state index is 11.6. The molecular weight excluding hydrogens is 268 g/mol. The summed E-state index contributed by atoms with van der Waals surface area (Å²) in [4.78, 5) is 14.1. The van der Waals surface area contributed by atoms with Crippen molar-refractivity contribution in [2.24, 2.45) is 0 Å². The summed E-state index contributed by atoms with van der Waals surface area (Å²) in [7, 11) is 1.60. The van der Waals surface area contributed by atoms with Gasteiger partial charge in [-0.3, -0.25) is 14.4 Å². The molecule has 0 atom stereocenters. The number of nitrogens with zero attached hydrogens (tertiary/aromatic N) is 3. The van der Waals surface area contributed by atoms with E-state index in [-0.39, 0.29) is 5.91 Å². The van der Waals surface area contributed by atoms with Crippen molar-refractivity contribution < 1.29 is 9.53 Å². The molecule has 1 aliphatic heterocycles. The van der Waals surface area contributed by atoms with Crippen molar-refractivity contribution >= 4 is 5.91 Å². The molecule has 0 unspecified atom stereocenters. The predicted octanol–water partition coefficient (Wildman–Crippen LogP) is 1.15. The molecule has 6 nitrogen and oxygen atoms in total. The number of nitrogens with one attached hydrogen (secondary N) is 1. The van der Waals surface area contributed by atoms with E-state index < -0.39 is 0 Å². The Balaban J connectivity index is 1.89. The van der Waals surface area contributed by atoms with Crippen LogP contribution in [0.2, 0.25) is 0 Å². The minimum absolute atomic E-state index is 0.00709. The van der Waals surface area contributed by atoms with Gasteiger partial charge in [-0.15, -0.1) is 0 Å². The average molecular weight is 294 g/mol. The molecule has 1 aliphatic rings. The van der Waals surface area contributed by atoms with Gasteiger partial charge in [0.15, 0.2) is 0 Å². The lowest BCUT2D eigenvalue weighted by molar-refractivity contribution is -0.122. The van der Waals surface area contributed by atoms with Crippen LogP contribution in [0.25, 0.3) is 0 Å². The maximum Gasteiger partial charge on any atom is 0.222 e. The second kappa shape index (κ2) is 8.14. The zero-order chi connectivity index (χ0) is 15.1. The Kier molecular flexibility index (Phi) is 6.20. The third kappa shape index (κ3) is 4.82. The third-order valence-corrected chi connectivity index (χ3v) is 3.68. The van der Waals surface area contributed by atoms with Crippen LogP contribution in [0.3, 0.4) is 0 Å². The molecule has 0 radical (unpaired) electrons. The maximum absolute atomic E-state index is 11.6. The van der Waals surface area contributed by atoms with Crippen LogP contribution in [0.1, 0.15) is 37.6 Å². The number of aryl methyl sites for hydroxylation is 1. The molecule has 2 rings (SSSR count). The van der Waals surface area contributed by atoms with Gasteiger partial charge in [0.25, 0.3) is 0 Å². The first-order valence-corrected chi connectivity index (χ1v) is 7.76. The number of fused-ring (bicyclic) bond motifs is 1. The van der Waals surface area contributed by atoms with E-state index >= 15 is 0 Å². The molecule has 1 aromatic heterocycles. The highest BCUT2D eigenvalue weighted by atomic mass is 16.5. The van der Waals surface area contributed by atoms with Crippen LogP contribution in [0, 0.1) is 0 Å². The molecule has 118 valence electrons. The highest BCUT2D eigenvalue weighted by Crippen LogP contribution is 2.14. The number of aromatic nitrogens is 2. The Labute approximate surface area is 126 Å². The summed E-state index contributed by atoms with van der Waals surface area (Å²) < 4.78 is 6.98. The summed E-state index contributed by atoms with van der Waals surface area (Å²) in [5.74, 6) is 0.00709. The number of hydrogen-bond donors (Lipinski definition) is 1. The van der Waals surface area contributed by atoms with Gasteiger partial charge in [-0.05, 0) is 25.5 Å². The van der Waals surface area contributed by atoms with Crippen molar-refractivity contribution in [1.82, 2.24) is 20.0 Å². The number of amides is 1. The monoisotopic (exact) mass is 294 g/mol. The van der Waals surface area contributed by atoms with Crippen LogP contribution in [0.15, 0.2) is 6.07 Å². The molecule has 0 spiro atoms. The van der Waals surface area contributed by atoms with Crippen molar-refractivity contribution in [3.05, 3.63) is 17.5 Å². The zero-order valence-corrected chi connectivity index (χ0v) is 13.1. The Morgan fingerprint density at radius 3 is 3.10 bits per heavy atom. The first-order valence-electron chi connectivity index (χ1n) is 7.76. The van der Waals surface area contributed by atoms with Crippen molar-refractivity contribution in [2.45, 2.75) is 45.8 Å². The van der Waals surface area contributed by atoms with Crippen molar-refractivity contribution in [1.29, 1.82) is 0 Å². The fourth-order valence-electron chi connectivity index (χ4n) is 2.65. The summed E-state index contributed by atoms with van der Waals surface area (Å²) in [5, 5.41) is 7.49. The number of carbonyl (C=O) groups is 1. The molecule has 1 amide bonds. The lowest BCUT2D eigenvalue weighted by Gasteiger charge is -2.17. The fourth-order valence-corrected chi connectivity index (χ4v) is 2.65. The molecule has 0 bridgehead atoms. The van der Waals surface area contributed by atoms with Crippen LogP contribution in [0.4, 0.5) is 0 Å². The molecule has 0 aromatic carbocycles. The van der Waals surface area contributed by atoms with E-state index in [1.165, 1.54) is 12.1 Å². The second-order valence-corrected chi connectivity index (χ2v) is 5.50. The molecule has 0 saturated carbocycles. The number of rotatable bonds is 7. The van der Waals surface area contributed by atoms with Gasteiger partial charge in [0.2, 0.25) is 5.91 Å². The Hall–Kier alpha value is -1.40. The fraction of sp³-hybridized carbons (Fsp3) is 0.733. The normalized spacial score (nSPS) is 15.5. The van der Waals surface area contributed by atoms with Gasteiger partial charge in [0.05, 0.1) is 24.5 Å². The van der Waals surface area contributed by atoms with Crippen LogP contribution in [0.5, 0.6) is 0 Å². The number of ether oxygens (including phenoxy) is 1. The van der Waals surface area contributed by atoms with E-state index in [1.54, 1.807) is 7.11 Å². The quantitative estimate of drug-likeness (QED) is 0.819. The van der Waals surface area contributed by atoms with Crippen molar-refractivity contribution in [3.8, 4) is 0 Å². The molecule has 1 aromatic rings. The average Bonchev–Trinajstić information content (AvgIpc) is 2.76. The molecule has 0 aliphatic carbocycles. The highest BCUT2D eigenvalue weighted by Gasteiger charge is 2.16. The lowest BCUT2D eigenvalue weighted by atomic mass is 10.3. The van der Waals surface area contributed by atoms with E-state index in [1.807, 2.05) is 0 Å². The third-order valence-electron chi connectivity index (χ3n) is 3.68. The SMILES string of the molecule is CCCN1CCCn2nc(CNC(=O)CCOC)cc2C1. The Bertz CT molecular complexity index is 459. The van der Waals surface area contributed by atoms with Crippen molar-refractivity contribution in [2.75, 3.05) is 26.8 Å². The first kappa shape index (κ1) is 16.0. The zero-order valence-electron chi connectivity index (χ0n) is 13.1. The molecule has 0 fully saturated rings. The highest BCUT2D eigenvalue weighted by molar-refractivity contribution is 5.75. The standard InChI is InChI=1S/C15H26N4O2/c1-3-6-18-7-4-8-19-14(12-18)10-13(17-19)11-16-15(20)5-9-21-2/h10H,3-9,11-12H2,1-2H3,(H,16,20). The van der Waals surface area contributed by atoms with E-state index in [4.69, 9.17) is 4.74 Å². The largest absolute Gasteiger partial charge is 0.384 e. The van der Waals surface area contributed by atoms with Crippen LogP contribution in [-0.4, -0.2) is 47.4 Å². The van der Waals surface area contributed by atoms with Gasteiger partial charge < -0.3 is 10.1 Å². The summed E-state index contributed by atoms with van der Waals surface area (Å²) in [5.41, 5.74) is 2.19. The van der Waals surface area contributed by atoms with Crippen LogP contribution < -0.4 is 5.32 Å². The van der Waals surface area contributed by atoms with E-state index in [9.17, 15) is 4.79 Å². The first-order chi connectivity index (χ1) is 10.2. The molecular formula is C15H26N4O2. The molecule has 2 heterocycles. The van der Waals surface area contributed by atoms with Crippen LogP contribution in [-0.2, 0) is 29.2 Å². The minimum atomic E-state index is 0.00709. The summed E-state index contributed by atoms with van der Waals surface area (Å²) in [6.07, 6.45) is 2.71. The smallest absolute Gasteiger partial charge is 0.222 e. The van der Waals surface area contributed by atoms with Gasteiger partial charge in [-0.25, -0.2) is 0 Å². The summed E-state index contributed by atoms with van der Waals surface area (Å²) in [6, 6.07) is 2.12. The molecule has 21 heavy (non-hydrogen) atoms. The minimum Gasteiger partial charge on any atom is -0.384 e. The van der Waals surface area contributed by atoms with Gasteiger partial charge in [0.1, 0.15) is 0 Å². The Morgan fingerprint density at radius 2 is 2.33 bits per heavy atom. The van der Waals surface area contributed by atoms with Gasteiger partial charge >= 0.3 is 0 Å². The van der Waals surface area contributed by atoms with Crippen LogP contribution >= 0.6 is 0 Å². The predicted molar refractivity (Wildman–Crippen MR) is 80.8 cm³/mol. The number of hydrogen-bond acceptors (Lipinski definition) is 4. The van der Waals surface area contributed by atoms with Gasteiger partial charge in [-0.1, -0.05) is 6.92 Å². The van der Waals surface area contributed by atoms with E-state index in [2.05, 4.69) is 33.0 Å². The lowest BCUT2D eigenvalue weighted by Crippen LogP contribution is -2.24. The van der Waals surface area contributed by atoms with E-state index in [0.29, 0.717) is 19.6 Å². The molecule has 0 saturated heterocycles. The number of carbonyl (C=O) groups excluding carboxylic acids is 1. The van der Waals surface area contributed by atoms with E-state index in [0.717, 1.165) is 38.3 Å². The van der Waals surface area contributed by atoms with Gasteiger partial charge in [0, 0.05) is 33.2 Å². The Morgan fingerprint density at radius 1 is 1.48 bits per heavy atom. The second-order valence-electron chi connectivity index (χ2n) is 5.50. The topological polar surface area (TPSA) is 59.4 Å². The summed E-state index contributed by atoms with van der Waals surface area (Å²) in [6.45, 7) is 7.36. The van der Waals surface area contributed by atoms with Crippen molar-refractivity contribution in [3.63, 3.8) is 0 Å². The number of methoxy groups -OCH3 is 1.